The lowest BCUT2D eigenvalue weighted by molar-refractivity contribution is 0.0936. The van der Waals surface area contributed by atoms with Gasteiger partial charge in [0.05, 0.1) is 17.5 Å². The molecule has 1 saturated heterocycles. The van der Waals surface area contributed by atoms with Gasteiger partial charge in [0.25, 0.3) is 5.91 Å². The fraction of sp³-hybridized carbons (Fsp3) is 0.316. The molecule has 2 aromatic rings. The summed E-state index contributed by atoms with van der Waals surface area (Å²) >= 11 is 0. The SMILES string of the molecule is O=C(NC1CCc2ccccc21)c1cccc(N2CCCS2(=O)=O)c1. The molecule has 1 aliphatic carbocycles. The molecule has 6 heteroatoms. The van der Waals surface area contributed by atoms with Crippen molar-refractivity contribution >= 4 is 21.6 Å². The molecule has 1 unspecified atom stereocenters. The molecule has 5 nitrogen and oxygen atoms in total. The first-order valence-electron chi connectivity index (χ1n) is 8.54. The maximum absolute atomic E-state index is 12.7. The lowest BCUT2D eigenvalue weighted by Gasteiger charge is -2.18. The molecule has 1 amide bonds. The molecule has 25 heavy (non-hydrogen) atoms. The highest BCUT2D eigenvalue weighted by molar-refractivity contribution is 7.93. The van der Waals surface area contributed by atoms with E-state index in [4.69, 9.17) is 0 Å². The van der Waals surface area contributed by atoms with E-state index in [1.807, 2.05) is 12.1 Å². The summed E-state index contributed by atoms with van der Waals surface area (Å²) in [5.74, 6) is 0.00240. The molecule has 4 rings (SSSR count). The van der Waals surface area contributed by atoms with Gasteiger partial charge in [0, 0.05) is 12.1 Å². The molecule has 1 N–H and O–H groups in total. The first-order valence-corrected chi connectivity index (χ1v) is 10.1. The number of nitrogens with zero attached hydrogens (tertiary/aromatic N) is 1. The number of hydrogen-bond donors (Lipinski definition) is 1. The molecule has 1 aliphatic heterocycles. The Morgan fingerprint density at radius 3 is 2.76 bits per heavy atom. The van der Waals surface area contributed by atoms with Crippen LogP contribution in [-0.4, -0.2) is 26.6 Å². The Labute approximate surface area is 147 Å². The minimum absolute atomic E-state index is 0.0166. The van der Waals surface area contributed by atoms with Crippen LogP contribution < -0.4 is 9.62 Å². The van der Waals surface area contributed by atoms with Gasteiger partial charge in [-0.1, -0.05) is 30.3 Å². The third-order valence-electron chi connectivity index (χ3n) is 4.93. The Balaban J connectivity index is 1.55. The molecule has 1 atom stereocenters. The van der Waals surface area contributed by atoms with Crippen LogP contribution >= 0.6 is 0 Å². The number of benzene rings is 2. The molecule has 0 bridgehead atoms. The van der Waals surface area contributed by atoms with Gasteiger partial charge in [0.1, 0.15) is 0 Å². The summed E-state index contributed by atoms with van der Waals surface area (Å²) in [6.45, 7) is 0.476. The molecule has 0 saturated carbocycles. The second kappa shape index (κ2) is 6.19. The molecule has 0 spiro atoms. The fourth-order valence-corrected chi connectivity index (χ4v) is 5.24. The predicted octanol–water partition coefficient (Wildman–Crippen LogP) is 2.64. The van der Waals surface area contributed by atoms with E-state index in [0.717, 1.165) is 12.8 Å². The topological polar surface area (TPSA) is 66.5 Å². The van der Waals surface area contributed by atoms with Gasteiger partial charge < -0.3 is 5.32 Å². The average Bonchev–Trinajstić information content (AvgIpc) is 3.18. The highest BCUT2D eigenvalue weighted by atomic mass is 32.2. The zero-order valence-corrected chi connectivity index (χ0v) is 14.6. The van der Waals surface area contributed by atoms with Gasteiger partial charge in [-0.2, -0.15) is 0 Å². The van der Waals surface area contributed by atoms with Crippen LogP contribution in [0.5, 0.6) is 0 Å². The molecule has 0 aromatic heterocycles. The number of anilines is 1. The maximum Gasteiger partial charge on any atom is 0.251 e. The van der Waals surface area contributed by atoms with Gasteiger partial charge in [-0.05, 0) is 48.6 Å². The first kappa shape index (κ1) is 16.1. The summed E-state index contributed by atoms with van der Waals surface area (Å²) < 4.78 is 25.6. The molecule has 130 valence electrons. The van der Waals surface area contributed by atoms with Crippen LogP contribution in [0.4, 0.5) is 5.69 Å². The molecular weight excluding hydrogens is 336 g/mol. The Kier molecular flexibility index (Phi) is 4.00. The maximum atomic E-state index is 12.7. The Morgan fingerprint density at radius 2 is 1.96 bits per heavy atom. The highest BCUT2D eigenvalue weighted by Gasteiger charge is 2.29. The minimum atomic E-state index is -3.24. The number of sulfonamides is 1. The van der Waals surface area contributed by atoms with Crippen LogP contribution in [0.2, 0.25) is 0 Å². The third-order valence-corrected chi connectivity index (χ3v) is 6.80. The van der Waals surface area contributed by atoms with Crippen molar-refractivity contribution in [2.45, 2.75) is 25.3 Å². The van der Waals surface area contributed by atoms with E-state index >= 15 is 0 Å². The summed E-state index contributed by atoms with van der Waals surface area (Å²) in [4.78, 5) is 12.7. The van der Waals surface area contributed by atoms with Crippen LogP contribution in [0, 0.1) is 0 Å². The summed E-state index contributed by atoms with van der Waals surface area (Å²) in [6, 6.07) is 15.0. The quantitative estimate of drug-likeness (QED) is 0.919. The number of nitrogens with one attached hydrogen (secondary N) is 1. The van der Waals surface area contributed by atoms with E-state index in [1.54, 1.807) is 24.3 Å². The number of aryl methyl sites for hydroxylation is 1. The smallest absolute Gasteiger partial charge is 0.251 e. The van der Waals surface area contributed by atoms with E-state index in [-0.39, 0.29) is 17.7 Å². The molecular formula is C19H20N2O3S. The summed E-state index contributed by atoms with van der Waals surface area (Å²) in [6.07, 6.45) is 2.48. The van der Waals surface area contributed by atoms with Crippen LogP contribution in [0.1, 0.15) is 40.4 Å². The van der Waals surface area contributed by atoms with Gasteiger partial charge in [-0.15, -0.1) is 0 Å². The van der Waals surface area contributed by atoms with Crippen molar-refractivity contribution < 1.29 is 13.2 Å². The van der Waals surface area contributed by atoms with Crippen molar-refractivity contribution in [2.24, 2.45) is 0 Å². The van der Waals surface area contributed by atoms with E-state index in [9.17, 15) is 13.2 Å². The number of amides is 1. The molecule has 2 aliphatic rings. The number of carbonyl (C=O) groups excluding carboxylic acids is 1. The normalized spacial score (nSPS) is 21.1. The Morgan fingerprint density at radius 1 is 1.12 bits per heavy atom. The summed E-state index contributed by atoms with van der Waals surface area (Å²) in [7, 11) is -3.24. The van der Waals surface area contributed by atoms with Crippen molar-refractivity contribution in [3.05, 3.63) is 65.2 Å². The highest BCUT2D eigenvalue weighted by Crippen LogP contribution is 2.31. The largest absolute Gasteiger partial charge is 0.345 e. The second-order valence-corrected chi connectivity index (χ2v) is 8.57. The molecule has 0 radical (unpaired) electrons. The summed E-state index contributed by atoms with van der Waals surface area (Å²) in [5, 5.41) is 3.08. The molecule has 1 fully saturated rings. The van der Waals surface area contributed by atoms with Gasteiger partial charge in [0.15, 0.2) is 0 Å². The van der Waals surface area contributed by atoms with E-state index < -0.39 is 10.0 Å². The van der Waals surface area contributed by atoms with E-state index in [1.165, 1.54) is 15.4 Å². The van der Waals surface area contributed by atoms with Gasteiger partial charge in [-0.3, -0.25) is 9.10 Å². The van der Waals surface area contributed by atoms with Crippen molar-refractivity contribution in [3.8, 4) is 0 Å². The van der Waals surface area contributed by atoms with E-state index in [2.05, 4.69) is 17.4 Å². The molecule has 1 heterocycles. The van der Waals surface area contributed by atoms with Crippen LogP contribution in [-0.2, 0) is 16.4 Å². The summed E-state index contributed by atoms with van der Waals surface area (Å²) in [5.41, 5.74) is 3.51. The first-order chi connectivity index (χ1) is 12.0. The van der Waals surface area contributed by atoms with Crippen LogP contribution in [0.15, 0.2) is 48.5 Å². The fourth-order valence-electron chi connectivity index (χ4n) is 3.68. The monoisotopic (exact) mass is 356 g/mol. The number of fused-ring (bicyclic) bond motifs is 1. The van der Waals surface area contributed by atoms with E-state index in [0.29, 0.717) is 24.2 Å². The Bertz CT molecular complexity index is 924. The zero-order chi connectivity index (χ0) is 17.4. The lowest BCUT2D eigenvalue weighted by atomic mass is 10.1. The zero-order valence-electron chi connectivity index (χ0n) is 13.8. The van der Waals surface area contributed by atoms with Crippen molar-refractivity contribution in [3.63, 3.8) is 0 Å². The Hall–Kier alpha value is -2.34. The van der Waals surface area contributed by atoms with Crippen LogP contribution in [0.25, 0.3) is 0 Å². The average molecular weight is 356 g/mol. The van der Waals surface area contributed by atoms with Gasteiger partial charge >= 0.3 is 0 Å². The predicted molar refractivity (Wildman–Crippen MR) is 97.2 cm³/mol. The van der Waals surface area contributed by atoms with Gasteiger partial charge in [0.2, 0.25) is 10.0 Å². The van der Waals surface area contributed by atoms with Crippen molar-refractivity contribution in [2.75, 3.05) is 16.6 Å². The van der Waals surface area contributed by atoms with Crippen molar-refractivity contribution in [1.82, 2.24) is 5.32 Å². The minimum Gasteiger partial charge on any atom is -0.345 e. The number of rotatable bonds is 3. The molecule has 2 aromatic carbocycles. The van der Waals surface area contributed by atoms with Crippen molar-refractivity contribution in [1.29, 1.82) is 0 Å². The van der Waals surface area contributed by atoms with Gasteiger partial charge in [-0.25, -0.2) is 8.42 Å². The number of hydrogen-bond acceptors (Lipinski definition) is 3. The van der Waals surface area contributed by atoms with Crippen LogP contribution in [0.3, 0.4) is 0 Å². The second-order valence-electron chi connectivity index (χ2n) is 6.56. The lowest BCUT2D eigenvalue weighted by Crippen LogP contribution is -2.28. The number of carbonyl (C=O) groups is 1. The standard InChI is InChI=1S/C19H20N2O3S/c22-19(20-18-10-9-14-5-1-2-8-17(14)18)15-6-3-7-16(13-15)21-11-4-12-25(21,23)24/h1-3,5-8,13,18H,4,9-12H2,(H,20,22). The third kappa shape index (κ3) is 3.02.